The van der Waals surface area contributed by atoms with E-state index in [1.807, 2.05) is 13.0 Å². The Morgan fingerprint density at radius 2 is 1.96 bits per heavy atom. The molecule has 1 aromatic rings. The minimum absolute atomic E-state index is 0.205. The van der Waals surface area contributed by atoms with Crippen LogP contribution in [0.3, 0.4) is 0 Å². The van der Waals surface area contributed by atoms with Gasteiger partial charge >= 0.3 is 0 Å². The summed E-state index contributed by atoms with van der Waals surface area (Å²) in [6.45, 7) is 9.54. The van der Waals surface area contributed by atoms with Gasteiger partial charge in [0.15, 0.2) is 5.96 Å². The van der Waals surface area contributed by atoms with Gasteiger partial charge in [-0.15, -0.1) is 0 Å². The fraction of sp³-hybridized carbons (Fsp3) is 0.611. The van der Waals surface area contributed by atoms with Crippen molar-refractivity contribution in [1.82, 2.24) is 15.5 Å². The number of unbranched alkanes of at least 4 members (excludes halogenated alkanes) is 1. The molecule has 0 saturated carbocycles. The van der Waals surface area contributed by atoms with Crippen molar-refractivity contribution in [1.29, 1.82) is 0 Å². The Morgan fingerprint density at radius 1 is 1.22 bits per heavy atom. The zero-order chi connectivity index (χ0) is 17.1. The SMILES string of the molecule is CCNC(=NCc1ccccc1F)NCCCCN(C)C(C)C. The van der Waals surface area contributed by atoms with Gasteiger partial charge in [-0.3, -0.25) is 0 Å². The molecule has 0 aromatic heterocycles. The summed E-state index contributed by atoms with van der Waals surface area (Å²) in [5.74, 6) is 0.539. The van der Waals surface area contributed by atoms with Crippen LogP contribution < -0.4 is 10.6 Å². The van der Waals surface area contributed by atoms with E-state index in [0.29, 0.717) is 18.2 Å². The van der Waals surface area contributed by atoms with E-state index in [-0.39, 0.29) is 5.82 Å². The zero-order valence-corrected chi connectivity index (χ0v) is 14.9. The van der Waals surface area contributed by atoms with Crippen molar-refractivity contribution in [2.75, 3.05) is 26.7 Å². The van der Waals surface area contributed by atoms with Gasteiger partial charge in [-0.25, -0.2) is 9.38 Å². The molecule has 0 fully saturated rings. The summed E-state index contributed by atoms with van der Waals surface area (Å²) in [6.07, 6.45) is 2.23. The number of nitrogens with zero attached hydrogens (tertiary/aromatic N) is 2. The Labute approximate surface area is 140 Å². The van der Waals surface area contributed by atoms with Crippen molar-refractivity contribution >= 4 is 5.96 Å². The second-order valence-electron chi connectivity index (χ2n) is 5.99. The van der Waals surface area contributed by atoms with Crippen molar-refractivity contribution in [3.63, 3.8) is 0 Å². The van der Waals surface area contributed by atoms with Crippen LogP contribution in [0.15, 0.2) is 29.3 Å². The van der Waals surface area contributed by atoms with Crippen LogP contribution in [0.25, 0.3) is 0 Å². The van der Waals surface area contributed by atoms with Crippen LogP contribution in [-0.2, 0) is 6.54 Å². The highest BCUT2D eigenvalue weighted by Crippen LogP contribution is 2.07. The van der Waals surface area contributed by atoms with E-state index in [2.05, 4.69) is 41.4 Å². The van der Waals surface area contributed by atoms with Gasteiger partial charge in [0.05, 0.1) is 6.54 Å². The smallest absolute Gasteiger partial charge is 0.191 e. The Morgan fingerprint density at radius 3 is 2.61 bits per heavy atom. The lowest BCUT2D eigenvalue weighted by Crippen LogP contribution is -2.38. The molecule has 0 radical (unpaired) electrons. The van der Waals surface area contributed by atoms with Crippen molar-refractivity contribution in [2.24, 2.45) is 4.99 Å². The normalized spacial score (nSPS) is 12.0. The highest BCUT2D eigenvalue weighted by Gasteiger charge is 2.03. The Balaban J connectivity index is 2.37. The third-order valence-electron chi connectivity index (χ3n) is 3.82. The molecule has 0 amide bonds. The Kier molecular flexibility index (Phi) is 9.29. The largest absolute Gasteiger partial charge is 0.357 e. The number of halogens is 1. The summed E-state index contributed by atoms with van der Waals surface area (Å²) in [7, 11) is 2.15. The number of guanidine groups is 1. The molecule has 0 unspecified atom stereocenters. The zero-order valence-electron chi connectivity index (χ0n) is 14.9. The number of nitrogens with one attached hydrogen (secondary N) is 2. The molecular formula is C18H31FN4. The maximum Gasteiger partial charge on any atom is 0.191 e. The van der Waals surface area contributed by atoms with E-state index in [4.69, 9.17) is 0 Å². The minimum atomic E-state index is -0.205. The van der Waals surface area contributed by atoms with Crippen LogP contribution in [0, 0.1) is 5.82 Å². The molecule has 0 aliphatic rings. The average molecular weight is 322 g/mol. The van der Waals surface area contributed by atoms with Gasteiger partial charge in [0.2, 0.25) is 0 Å². The van der Waals surface area contributed by atoms with Gasteiger partial charge in [-0.1, -0.05) is 18.2 Å². The van der Waals surface area contributed by atoms with Gasteiger partial charge < -0.3 is 15.5 Å². The van der Waals surface area contributed by atoms with Gasteiger partial charge in [0.1, 0.15) is 5.82 Å². The molecule has 1 aromatic carbocycles. The molecular weight excluding hydrogens is 291 g/mol. The van der Waals surface area contributed by atoms with Crippen LogP contribution >= 0.6 is 0 Å². The number of hydrogen-bond acceptors (Lipinski definition) is 2. The van der Waals surface area contributed by atoms with Gasteiger partial charge in [0.25, 0.3) is 0 Å². The fourth-order valence-electron chi connectivity index (χ4n) is 2.08. The van der Waals surface area contributed by atoms with Crippen molar-refractivity contribution in [3.8, 4) is 0 Å². The highest BCUT2D eigenvalue weighted by molar-refractivity contribution is 5.79. The van der Waals surface area contributed by atoms with Gasteiger partial charge in [0, 0.05) is 24.7 Å². The summed E-state index contributed by atoms with van der Waals surface area (Å²) in [6, 6.07) is 7.35. The molecule has 0 atom stereocenters. The second kappa shape index (κ2) is 11.0. The molecule has 4 nitrogen and oxygen atoms in total. The molecule has 0 spiro atoms. The summed E-state index contributed by atoms with van der Waals surface area (Å²) in [4.78, 5) is 6.79. The monoisotopic (exact) mass is 322 g/mol. The number of benzene rings is 1. The average Bonchev–Trinajstić information content (AvgIpc) is 2.53. The van der Waals surface area contributed by atoms with Crippen LogP contribution in [0.1, 0.15) is 39.2 Å². The maximum absolute atomic E-state index is 13.6. The molecule has 0 heterocycles. The van der Waals surface area contributed by atoms with E-state index in [1.165, 1.54) is 6.07 Å². The lowest BCUT2D eigenvalue weighted by atomic mass is 10.2. The number of aliphatic imine (C=N–C) groups is 1. The lowest BCUT2D eigenvalue weighted by Gasteiger charge is -2.20. The third kappa shape index (κ3) is 7.98. The quantitative estimate of drug-likeness (QED) is 0.417. The summed E-state index contributed by atoms with van der Waals surface area (Å²) >= 11 is 0. The standard InChI is InChI=1S/C18H31FN4/c1-5-20-18(21-12-8-9-13-23(4)15(2)3)22-14-16-10-6-7-11-17(16)19/h6-7,10-11,15H,5,8-9,12-14H2,1-4H3,(H2,20,21,22). The lowest BCUT2D eigenvalue weighted by molar-refractivity contribution is 0.268. The van der Waals surface area contributed by atoms with Crippen LogP contribution in [0.5, 0.6) is 0 Å². The van der Waals surface area contributed by atoms with Crippen LogP contribution in [0.4, 0.5) is 4.39 Å². The number of rotatable bonds is 9. The third-order valence-corrected chi connectivity index (χ3v) is 3.82. The van der Waals surface area contributed by atoms with E-state index in [0.717, 1.165) is 38.4 Å². The van der Waals surface area contributed by atoms with E-state index < -0.39 is 0 Å². The molecule has 0 bridgehead atoms. The first-order valence-electron chi connectivity index (χ1n) is 8.50. The molecule has 1 rings (SSSR count). The first-order chi connectivity index (χ1) is 11.0. The fourth-order valence-corrected chi connectivity index (χ4v) is 2.08. The molecule has 130 valence electrons. The molecule has 23 heavy (non-hydrogen) atoms. The van der Waals surface area contributed by atoms with Crippen molar-refractivity contribution < 1.29 is 4.39 Å². The first-order valence-corrected chi connectivity index (χ1v) is 8.50. The first kappa shape index (κ1) is 19.4. The summed E-state index contributed by atoms with van der Waals surface area (Å²) in [5, 5.41) is 6.51. The van der Waals surface area contributed by atoms with E-state index >= 15 is 0 Å². The summed E-state index contributed by atoms with van der Waals surface area (Å²) in [5.41, 5.74) is 0.614. The minimum Gasteiger partial charge on any atom is -0.357 e. The number of hydrogen-bond donors (Lipinski definition) is 2. The molecule has 0 aliphatic heterocycles. The van der Waals surface area contributed by atoms with E-state index in [9.17, 15) is 4.39 Å². The Hall–Kier alpha value is -1.62. The molecule has 0 aliphatic carbocycles. The predicted molar refractivity (Wildman–Crippen MR) is 96.2 cm³/mol. The maximum atomic E-state index is 13.6. The van der Waals surface area contributed by atoms with Crippen LogP contribution in [-0.4, -0.2) is 43.6 Å². The van der Waals surface area contributed by atoms with Crippen LogP contribution in [0.2, 0.25) is 0 Å². The van der Waals surface area contributed by atoms with Crippen molar-refractivity contribution in [2.45, 2.75) is 46.2 Å². The predicted octanol–water partition coefficient (Wildman–Crippen LogP) is 3.00. The molecule has 0 saturated heterocycles. The van der Waals surface area contributed by atoms with Gasteiger partial charge in [-0.2, -0.15) is 0 Å². The molecule has 5 heteroatoms. The second-order valence-corrected chi connectivity index (χ2v) is 5.99. The van der Waals surface area contributed by atoms with Gasteiger partial charge in [-0.05, 0) is 53.3 Å². The summed E-state index contributed by atoms with van der Waals surface area (Å²) < 4.78 is 13.6. The van der Waals surface area contributed by atoms with E-state index in [1.54, 1.807) is 12.1 Å². The van der Waals surface area contributed by atoms with Crippen molar-refractivity contribution in [3.05, 3.63) is 35.6 Å². The topological polar surface area (TPSA) is 39.7 Å². The highest BCUT2D eigenvalue weighted by atomic mass is 19.1. The Bertz CT molecular complexity index is 474. The molecule has 2 N–H and O–H groups in total.